The number of sulfonamides is 1. The van der Waals surface area contributed by atoms with Crippen molar-refractivity contribution in [1.82, 2.24) is 14.8 Å². The lowest BCUT2D eigenvalue weighted by Crippen LogP contribution is -2.36. The van der Waals surface area contributed by atoms with E-state index in [1.165, 1.54) is 10.5 Å². The Morgan fingerprint density at radius 2 is 2.15 bits per heavy atom. The van der Waals surface area contributed by atoms with Gasteiger partial charge in [-0.15, -0.1) is 0 Å². The number of hydrogen-bond acceptors (Lipinski definition) is 4. The van der Waals surface area contributed by atoms with E-state index in [9.17, 15) is 8.42 Å². The average Bonchev–Trinajstić information content (AvgIpc) is 2.79. The fourth-order valence-electron chi connectivity index (χ4n) is 2.46. The molecule has 6 nitrogen and oxygen atoms in total. The second kappa shape index (κ2) is 4.59. The van der Waals surface area contributed by atoms with Crippen LogP contribution in [0.3, 0.4) is 0 Å². The molecule has 0 aromatic carbocycles. The zero-order chi connectivity index (χ0) is 14.3. The van der Waals surface area contributed by atoms with E-state index in [1.54, 1.807) is 30.9 Å². The summed E-state index contributed by atoms with van der Waals surface area (Å²) in [4.78, 5) is 4.54. The fourth-order valence-corrected chi connectivity index (χ4v) is 4.18. The van der Waals surface area contributed by atoms with Crippen LogP contribution in [-0.4, -0.2) is 29.7 Å². The predicted molar refractivity (Wildman–Crippen MR) is 75.0 cm³/mol. The summed E-state index contributed by atoms with van der Waals surface area (Å²) in [6.45, 7) is 2.24. The van der Waals surface area contributed by atoms with Crippen LogP contribution < -0.4 is 4.31 Å². The minimum absolute atomic E-state index is 0.261. The van der Waals surface area contributed by atoms with Gasteiger partial charge in [-0.25, -0.2) is 8.42 Å². The molecule has 0 amide bonds. The third kappa shape index (κ3) is 1.89. The van der Waals surface area contributed by atoms with Crippen LogP contribution in [0.15, 0.2) is 29.4 Å². The first kappa shape index (κ1) is 13.1. The molecule has 0 aliphatic carbocycles. The molecule has 0 atom stereocenters. The highest BCUT2D eigenvalue weighted by atomic mass is 32.2. The van der Waals surface area contributed by atoms with E-state index in [0.717, 1.165) is 18.5 Å². The first-order chi connectivity index (χ1) is 9.51. The summed E-state index contributed by atoms with van der Waals surface area (Å²) in [5, 5.41) is 4.03. The van der Waals surface area contributed by atoms with E-state index in [0.29, 0.717) is 17.9 Å². The Balaban J connectivity index is 2.12. The average molecular weight is 292 g/mol. The molecule has 1 aliphatic heterocycles. The zero-order valence-corrected chi connectivity index (χ0v) is 12.3. The maximum Gasteiger partial charge on any atom is 0.267 e. The summed E-state index contributed by atoms with van der Waals surface area (Å²) < 4.78 is 28.7. The summed E-state index contributed by atoms with van der Waals surface area (Å²) in [5.41, 5.74) is 2.16. The van der Waals surface area contributed by atoms with E-state index in [2.05, 4.69) is 10.1 Å². The van der Waals surface area contributed by atoms with Crippen molar-refractivity contribution in [3.63, 3.8) is 0 Å². The van der Waals surface area contributed by atoms with Crippen molar-refractivity contribution < 1.29 is 8.42 Å². The molecule has 0 fully saturated rings. The van der Waals surface area contributed by atoms with Gasteiger partial charge >= 0.3 is 0 Å². The summed E-state index contributed by atoms with van der Waals surface area (Å²) in [5.74, 6) is 0. The molecule has 2 aromatic rings. The topological polar surface area (TPSA) is 68.1 Å². The number of nitrogens with zero attached hydrogens (tertiary/aromatic N) is 4. The smallest absolute Gasteiger partial charge is 0.267 e. The summed E-state index contributed by atoms with van der Waals surface area (Å²) in [6, 6.07) is 3.58. The Morgan fingerprint density at radius 1 is 1.35 bits per heavy atom. The monoisotopic (exact) mass is 292 g/mol. The van der Waals surface area contributed by atoms with Gasteiger partial charge in [-0.3, -0.25) is 14.0 Å². The van der Waals surface area contributed by atoms with Crippen LogP contribution in [0.5, 0.6) is 0 Å². The molecule has 0 bridgehead atoms. The standard InChI is InChI=1S/C13H16N4O2S/c1-10-13(9-15-16(10)2)20(18,19)17-8-4-5-11-12(17)6-3-7-14-11/h3,6-7,9H,4-5,8H2,1-2H3. The Bertz CT molecular complexity index is 751. The maximum absolute atomic E-state index is 12.8. The largest absolute Gasteiger partial charge is 0.272 e. The van der Waals surface area contributed by atoms with Crippen molar-refractivity contribution in [2.75, 3.05) is 10.8 Å². The number of aromatic nitrogens is 3. The van der Waals surface area contributed by atoms with Crippen LogP contribution in [0.25, 0.3) is 0 Å². The van der Waals surface area contributed by atoms with Gasteiger partial charge < -0.3 is 0 Å². The van der Waals surface area contributed by atoms with Crippen molar-refractivity contribution in [1.29, 1.82) is 0 Å². The van der Waals surface area contributed by atoms with E-state index in [-0.39, 0.29) is 4.90 Å². The van der Waals surface area contributed by atoms with Crippen LogP contribution in [-0.2, 0) is 23.5 Å². The highest BCUT2D eigenvalue weighted by Crippen LogP contribution is 2.31. The number of rotatable bonds is 2. The molecule has 0 radical (unpaired) electrons. The first-order valence-corrected chi connectivity index (χ1v) is 7.91. The van der Waals surface area contributed by atoms with Gasteiger partial charge in [0, 0.05) is 19.8 Å². The predicted octanol–water partition coefficient (Wildman–Crippen LogP) is 1.27. The Kier molecular flexibility index (Phi) is 3.01. The van der Waals surface area contributed by atoms with Gasteiger partial charge in [0.15, 0.2) is 0 Å². The second-order valence-corrected chi connectivity index (χ2v) is 6.70. The van der Waals surface area contributed by atoms with Crippen LogP contribution in [0.4, 0.5) is 5.69 Å². The van der Waals surface area contributed by atoms with Gasteiger partial charge in [0.2, 0.25) is 0 Å². The third-order valence-electron chi connectivity index (χ3n) is 3.67. The van der Waals surface area contributed by atoms with Crippen molar-refractivity contribution in [3.8, 4) is 0 Å². The lowest BCUT2D eigenvalue weighted by Gasteiger charge is -2.29. The SMILES string of the molecule is Cc1c(S(=O)(=O)N2CCCc3ncccc32)cnn1C. The second-order valence-electron chi connectivity index (χ2n) is 4.87. The highest BCUT2D eigenvalue weighted by Gasteiger charge is 2.31. The number of hydrogen-bond donors (Lipinski definition) is 0. The molecule has 0 spiro atoms. The molecule has 3 heterocycles. The minimum Gasteiger partial charge on any atom is -0.272 e. The highest BCUT2D eigenvalue weighted by molar-refractivity contribution is 7.92. The molecule has 2 aromatic heterocycles. The van der Waals surface area contributed by atoms with E-state index in [1.807, 2.05) is 6.07 Å². The van der Waals surface area contributed by atoms with Crippen LogP contribution in [0, 0.1) is 6.92 Å². The van der Waals surface area contributed by atoms with Gasteiger partial charge in [0.1, 0.15) is 4.90 Å². The molecule has 0 N–H and O–H groups in total. The molecular weight excluding hydrogens is 276 g/mol. The summed E-state index contributed by atoms with van der Waals surface area (Å²) >= 11 is 0. The maximum atomic E-state index is 12.8. The van der Waals surface area contributed by atoms with Crippen molar-refractivity contribution in [2.45, 2.75) is 24.7 Å². The molecular formula is C13H16N4O2S. The van der Waals surface area contributed by atoms with E-state index < -0.39 is 10.0 Å². The van der Waals surface area contributed by atoms with E-state index in [4.69, 9.17) is 0 Å². The lowest BCUT2D eigenvalue weighted by molar-refractivity contribution is 0.584. The quantitative estimate of drug-likeness (QED) is 0.836. The van der Waals surface area contributed by atoms with Crippen molar-refractivity contribution in [3.05, 3.63) is 35.9 Å². The number of anilines is 1. The summed E-state index contributed by atoms with van der Waals surface area (Å²) in [7, 11) is -1.84. The molecule has 0 saturated heterocycles. The van der Waals surface area contributed by atoms with Gasteiger partial charge in [-0.05, 0) is 31.9 Å². The van der Waals surface area contributed by atoms with Gasteiger partial charge in [0.25, 0.3) is 10.0 Å². The fraction of sp³-hybridized carbons (Fsp3) is 0.385. The summed E-state index contributed by atoms with van der Waals surface area (Å²) in [6.07, 6.45) is 4.70. The van der Waals surface area contributed by atoms with Crippen molar-refractivity contribution in [2.24, 2.45) is 7.05 Å². The number of aryl methyl sites for hydroxylation is 2. The molecule has 20 heavy (non-hydrogen) atoms. The molecule has 0 saturated carbocycles. The Labute approximate surface area is 118 Å². The Morgan fingerprint density at radius 3 is 2.85 bits per heavy atom. The lowest BCUT2D eigenvalue weighted by atomic mass is 10.1. The first-order valence-electron chi connectivity index (χ1n) is 6.47. The zero-order valence-electron chi connectivity index (χ0n) is 11.4. The molecule has 3 rings (SSSR count). The van der Waals surface area contributed by atoms with Crippen molar-refractivity contribution >= 4 is 15.7 Å². The molecule has 106 valence electrons. The van der Waals surface area contributed by atoms with E-state index >= 15 is 0 Å². The number of pyridine rings is 1. The van der Waals surface area contributed by atoms with Gasteiger partial charge in [-0.2, -0.15) is 5.10 Å². The number of fused-ring (bicyclic) bond motifs is 1. The minimum atomic E-state index is -3.58. The van der Waals surface area contributed by atoms with Crippen LogP contribution in [0.1, 0.15) is 17.8 Å². The molecule has 1 aliphatic rings. The van der Waals surface area contributed by atoms with Crippen LogP contribution in [0.2, 0.25) is 0 Å². The third-order valence-corrected chi connectivity index (χ3v) is 5.58. The van der Waals surface area contributed by atoms with Gasteiger partial charge in [-0.1, -0.05) is 0 Å². The molecule has 7 heteroatoms. The van der Waals surface area contributed by atoms with Crippen LogP contribution >= 0.6 is 0 Å². The normalized spacial score (nSPS) is 15.2. The molecule has 0 unspecified atom stereocenters. The van der Waals surface area contributed by atoms with Gasteiger partial charge in [0.05, 0.1) is 23.3 Å². The Hall–Kier alpha value is -1.89.